The van der Waals surface area contributed by atoms with Crippen LogP contribution >= 0.6 is 0 Å². The van der Waals surface area contributed by atoms with Gasteiger partial charge in [0, 0.05) is 35.7 Å². The summed E-state index contributed by atoms with van der Waals surface area (Å²) in [4.78, 5) is 40.3. The molecule has 2 unspecified atom stereocenters. The average molecular weight is 523 g/mol. The number of aromatic nitrogens is 2. The van der Waals surface area contributed by atoms with Gasteiger partial charge in [-0.1, -0.05) is 51.1 Å². The summed E-state index contributed by atoms with van der Waals surface area (Å²) < 4.78 is 15.1. The molecule has 1 saturated heterocycles. The fourth-order valence-electron chi connectivity index (χ4n) is 4.31. The van der Waals surface area contributed by atoms with Gasteiger partial charge in [-0.25, -0.2) is 4.79 Å². The fourth-order valence-corrected chi connectivity index (χ4v) is 5.49. The molecular weight excluding hydrogens is 488 g/mol. The third-order valence-corrected chi connectivity index (χ3v) is 11.9. The van der Waals surface area contributed by atoms with E-state index in [2.05, 4.69) is 33.9 Å². The fraction of sp³-hybridized carbons (Fsp3) is 0.393. The Morgan fingerprint density at radius 2 is 1.70 bits per heavy atom. The number of nitrogens with zero attached hydrogens (tertiary/aromatic N) is 2. The van der Waals surface area contributed by atoms with Gasteiger partial charge in [0.05, 0.1) is 0 Å². The van der Waals surface area contributed by atoms with Crippen LogP contribution in [-0.2, 0) is 14.9 Å². The second-order valence-corrected chi connectivity index (χ2v) is 15.8. The van der Waals surface area contributed by atoms with Gasteiger partial charge >= 0.3 is 5.69 Å². The lowest BCUT2D eigenvalue weighted by atomic mass is 9.98. The van der Waals surface area contributed by atoms with Crippen molar-refractivity contribution in [1.82, 2.24) is 9.13 Å². The molecule has 0 spiro atoms. The molecule has 0 amide bonds. The van der Waals surface area contributed by atoms with Crippen molar-refractivity contribution >= 4 is 14.2 Å². The van der Waals surface area contributed by atoms with Crippen LogP contribution in [0.2, 0.25) is 18.1 Å². The first-order chi connectivity index (χ1) is 17.3. The van der Waals surface area contributed by atoms with Crippen LogP contribution in [0.1, 0.15) is 55.1 Å². The molecule has 0 radical (unpaired) electrons. The van der Waals surface area contributed by atoms with E-state index in [1.54, 1.807) is 49.4 Å². The van der Waals surface area contributed by atoms with Gasteiger partial charge in [0.2, 0.25) is 0 Å². The Hall–Kier alpha value is -3.27. The second kappa shape index (κ2) is 9.55. The minimum atomic E-state index is -2.21. The third kappa shape index (κ3) is 4.86. The summed E-state index contributed by atoms with van der Waals surface area (Å²) >= 11 is 0. The molecule has 0 bridgehead atoms. The second-order valence-electron chi connectivity index (χ2n) is 11.1. The number of aryl methyl sites for hydroxylation is 1. The molecule has 1 fully saturated rings. The summed E-state index contributed by atoms with van der Waals surface area (Å²) in [5.41, 5.74) is -1.77. The van der Waals surface area contributed by atoms with Gasteiger partial charge in [-0.3, -0.25) is 14.2 Å². The number of hydrogen-bond donors (Lipinski definition) is 1. The minimum Gasteiger partial charge on any atom is -0.508 e. The van der Waals surface area contributed by atoms with E-state index in [0.717, 1.165) is 0 Å². The van der Waals surface area contributed by atoms with Crippen LogP contribution in [0.15, 0.2) is 70.4 Å². The van der Waals surface area contributed by atoms with Crippen LogP contribution in [0.25, 0.3) is 0 Å². The van der Waals surface area contributed by atoms with Crippen molar-refractivity contribution in [2.75, 3.05) is 0 Å². The van der Waals surface area contributed by atoms with Crippen molar-refractivity contribution in [2.24, 2.45) is 0 Å². The number of carbonyl (C=O) groups is 1. The number of rotatable bonds is 5. The Bertz CT molecular complexity index is 1420. The van der Waals surface area contributed by atoms with Gasteiger partial charge in [-0.05, 0) is 49.3 Å². The molecule has 0 aliphatic carbocycles. The quantitative estimate of drug-likeness (QED) is 0.493. The van der Waals surface area contributed by atoms with E-state index in [1.807, 2.05) is 0 Å². The Balaban J connectivity index is 1.88. The third-order valence-electron chi connectivity index (χ3n) is 7.47. The Labute approximate surface area is 217 Å². The molecule has 37 heavy (non-hydrogen) atoms. The molecule has 9 heteroatoms. The Morgan fingerprint density at radius 3 is 2.30 bits per heavy atom. The van der Waals surface area contributed by atoms with Crippen molar-refractivity contribution < 1.29 is 19.1 Å². The summed E-state index contributed by atoms with van der Waals surface area (Å²) in [6.07, 6.45) is 1.73. The molecule has 4 rings (SSSR count). The highest BCUT2D eigenvalue weighted by Gasteiger charge is 2.49. The molecule has 3 aromatic rings. The molecule has 2 heterocycles. The first kappa shape index (κ1) is 26.8. The summed E-state index contributed by atoms with van der Waals surface area (Å²) in [5.74, 6) is -0.639. The standard InChI is InChI=1S/C28H34N2O6Si/c1-19-18-29(26(34)30(24(19)32)25(33)20-10-8-7-9-11-20)28(21-12-14-22(31)15-13-21)17-16-23(35-28)36-37(5,6)27(2,3)4/h7-15,18,23,31H,16-17H2,1-6H3. The molecular formula is C28H34N2O6Si. The highest BCUT2D eigenvalue weighted by molar-refractivity contribution is 6.74. The molecule has 0 saturated carbocycles. The lowest BCUT2D eigenvalue weighted by molar-refractivity contribution is -0.148. The molecule has 1 aromatic heterocycles. The zero-order valence-electron chi connectivity index (χ0n) is 22.1. The van der Waals surface area contributed by atoms with E-state index in [4.69, 9.17) is 9.16 Å². The van der Waals surface area contributed by atoms with E-state index in [0.29, 0.717) is 23.0 Å². The Kier molecular flexibility index (Phi) is 6.91. The average Bonchev–Trinajstić information content (AvgIpc) is 3.25. The topological polar surface area (TPSA) is 99.8 Å². The van der Waals surface area contributed by atoms with Crippen LogP contribution in [0.5, 0.6) is 5.75 Å². The number of benzene rings is 2. The van der Waals surface area contributed by atoms with Crippen molar-refractivity contribution in [1.29, 1.82) is 0 Å². The molecule has 2 aromatic carbocycles. The smallest absolute Gasteiger partial charge is 0.340 e. The van der Waals surface area contributed by atoms with Crippen molar-refractivity contribution in [2.45, 2.75) is 70.7 Å². The van der Waals surface area contributed by atoms with Gasteiger partial charge in [-0.15, -0.1) is 0 Å². The number of aromatic hydroxyl groups is 1. The number of hydrogen-bond acceptors (Lipinski definition) is 6. The van der Waals surface area contributed by atoms with E-state index < -0.39 is 37.5 Å². The van der Waals surface area contributed by atoms with Gasteiger partial charge < -0.3 is 14.3 Å². The SMILES string of the molecule is Cc1cn(C2(c3ccc(O)cc3)CCC(O[Si](C)(C)C(C)(C)C)O2)c(=O)n(C(=O)c2ccccc2)c1=O. The summed E-state index contributed by atoms with van der Waals surface area (Å²) in [5, 5.41) is 9.86. The number of carbonyl (C=O) groups excluding carboxylic acids is 1. The van der Waals surface area contributed by atoms with Gasteiger partial charge in [0.25, 0.3) is 11.5 Å². The number of ether oxygens (including phenoxy) is 1. The lowest BCUT2D eigenvalue weighted by Gasteiger charge is -2.39. The molecule has 1 aliphatic rings. The lowest BCUT2D eigenvalue weighted by Crippen LogP contribution is -2.52. The van der Waals surface area contributed by atoms with Crippen LogP contribution in [-0.4, -0.2) is 34.8 Å². The number of phenolic OH excluding ortho intramolecular Hbond substituents is 1. The van der Waals surface area contributed by atoms with Crippen LogP contribution in [0, 0.1) is 6.92 Å². The van der Waals surface area contributed by atoms with E-state index >= 15 is 0 Å². The van der Waals surface area contributed by atoms with Crippen LogP contribution in [0.3, 0.4) is 0 Å². The molecule has 8 nitrogen and oxygen atoms in total. The van der Waals surface area contributed by atoms with Crippen molar-refractivity contribution in [3.05, 3.63) is 98.3 Å². The Morgan fingerprint density at radius 1 is 1.08 bits per heavy atom. The zero-order valence-corrected chi connectivity index (χ0v) is 23.1. The van der Waals surface area contributed by atoms with E-state index in [-0.39, 0.29) is 21.9 Å². The molecule has 2 atom stereocenters. The van der Waals surface area contributed by atoms with Gasteiger partial charge in [0.15, 0.2) is 20.3 Å². The summed E-state index contributed by atoms with van der Waals surface area (Å²) in [6, 6.07) is 14.6. The highest BCUT2D eigenvalue weighted by atomic mass is 28.4. The maximum atomic E-state index is 13.9. The van der Waals surface area contributed by atoms with Crippen molar-refractivity contribution in [3.63, 3.8) is 0 Å². The zero-order chi connectivity index (χ0) is 27.2. The normalized spacial score (nSPS) is 20.2. The van der Waals surface area contributed by atoms with Gasteiger partial charge in [-0.2, -0.15) is 4.57 Å². The highest BCUT2D eigenvalue weighted by Crippen LogP contribution is 2.44. The largest absolute Gasteiger partial charge is 0.508 e. The predicted molar refractivity (Wildman–Crippen MR) is 143 cm³/mol. The number of phenols is 1. The maximum Gasteiger partial charge on any atom is 0.340 e. The maximum absolute atomic E-state index is 13.9. The summed E-state index contributed by atoms with van der Waals surface area (Å²) in [7, 11) is -2.21. The first-order valence-electron chi connectivity index (χ1n) is 12.4. The molecule has 196 valence electrons. The summed E-state index contributed by atoms with van der Waals surface area (Å²) in [6.45, 7) is 12.2. The first-order valence-corrected chi connectivity index (χ1v) is 15.3. The monoisotopic (exact) mass is 522 g/mol. The van der Waals surface area contributed by atoms with Crippen LogP contribution < -0.4 is 11.2 Å². The molecule has 1 aliphatic heterocycles. The minimum absolute atomic E-state index is 0.0527. The predicted octanol–water partition coefficient (Wildman–Crippen LogP) is 4.57. The van der Waals surface area contributed by atoms with Crippen molar-refractivity contribution in [3.8, 4) is 5.75 Å². The van der Waals surface area contributed by atoms with Crippen LogP contribution in [0.4, 0.5) is 0 Å². The van der Waals surface area contributed by atoms with E-state index in [9.17, 15) is 19.5 Å². The molecule has 1 N–H and O–H groups in total. The van der Waals surface area contributed by atoms with E-state index in [1.165, 1.54) is 22.9 Å². The van der Waals surface area contributed by atoms with Gasteiger partial charge in [0.1, 0.15) is 5.75 Å².